The van der Waals surface area contributed by atoms with Crippen LogP contribution < -0.4 is 46.1 Å². The van der Waals surface area contributed by atoms with E-state index in [1.807, 2.05) is 23.1 Å². The van der Waals surface area contributed by atoms with Crippen molar-refractivity contribution in [3.63, 3.8) is 0 Å². The van der Waals surface area contributed by atoms with Gasteiger partial charge < -0.3 is 39.8 Å². The van der Waals surface area contributed by atoms with Gasteiger partial charge in [0.05, 0.1) is 24.5 Å². The Labute approximate surface area is 356 Å². The lowest BCUT2D eigenvalue weighted by Crippen LogP contribution is -2.59. The Morgan fingerprint density at radius 3 is 2.41 bits per heavy atom. The van der Waals surface area contributed by atoms with Crippen molar-refractivity contribution in [3.05, 3.63) is 69.4 Å². The topological polar surface area (TPSA) is 192 Å². The number of halogens is 2. The number of aryl methyl sites for hydroxylation is 1. The van der Waals surface area contributed by atoms with E-state index >= 15 is 4.39 Å². The number of hydrogen-bond acceptors (Lipinski definition) is 13. The number of hydrogen-bond donors (Lipinski definition) is 4. The summed E-state index contributed by atoms with van der Waals surface area (Å²) in [6.07, 6.45) is 3.40. The van der Waals surface area contributed by atoms with Gasteiger partial charge in [-0.05, 0) is 75.4 Å². The molecule has 1 atom stereocenters. The van der Waals surface area contributed by atoms with Gasteiger partial charge in [0.25, 0.3) is 17.4 Å². The van der Waals surface area contributed by atoms with Crippen molar-refractivity contribution < 1.29 is 33.0 Å². The molecule has 0 spiro atoms. The van der Waals surface area contributed by atoms with E-state index in [0.717, 1.165) is 25.9 Å². The zero-order valence-electron chi connectivity index (χ0n) is 34.8. The van der Waals surface area contributed by atoms with Crippen LogP contribution in [0.1, 0.15) is 49.9 Å². The highest BCUT2D eigenvalue weighted by Crippen LogP contribution is 2.38. The normalized spacial score (nSPS) is 17.9. The Hall–Kier alpha value is -6.01. The number of carbonyl (C=O) groups excluding carboxylic acids is 4. The Bertz CT molecular complexity index is 2410. The number of benzene rings is 2. The molecule has 0 saturated carbocycles. The van der Waals surface area contributed by atoms with Crippen molar-refractivity contribution in [1.29, 1.82) is 0 Å². The third-order valence-electron chi connectivity index (χ3n) is 12.1. The molecule has 2 aromatic heterocycles. The third kappa shape index (κ3) is 9.05. The maximum atomic E-state index is 16.2. The Morgan fingerprint density at radius 1 is 0.984 bits per heavy atom. The van der Waals surface area contributed by atoms with Crippen molar-refractivity contribution >= 4 is 69.3 Å². The number of piperidine rings is 2. The quantitative estimate of drug-likeness (QED) is 0.152. The molecule has 3 fully saturated rings. The number of imide groups is 1. The van der Waals surface area contributed by atoms with E-state index in [0.29, 0.717) is 71.2 Å². The van der Waals surface area contributed by atoms with Gasteiger partial charge in [-0.25, -0.2) is 9.37 Å². The summed E-state index contributed by atoms with van der Waals surface area (Å²) in [7, 11) is 4.49. The molecule has 0 aliphatic carbocycles. The van der Waals surface area contributed by atoms with Gasteiger partial charge >= 0.3 is 0 Å². The van der Waals surface area contributed by atoms with Crippen molar-refractivity contribution in [2.45, 2.75) is 51.1 Å². The molecule has 3 aliphatic heterocycles. The van der Waals surface area contributed by atoms with E-state index in [9.17, 15) is 24.0 Å². The Balaban J connectivity index is 0.966. The lowest BCUT2D eigenvalue weighted by molar-refractivity contribution is -0.134. The summed E-state index contributed by atoms with van der Waals surface area (Å²) >= 11 is 6.58. The van der Waals surface area contributed by atoms with Crippen LogP contribution in [0.4, 0.5) is 27.5 Å². The molecule has 61 heavy (non-hydrogen) atoms. The summed E-state index contributed by atoms with van der Waals surface area (Å²) in [6.45, 7) is 8.32. The van der Waals surface area contributed by atoms with Gasteiger partial charge in [-0.2, -0.15) is 4.98 Å². The molecule has 1 unspecified atom stereocenters. The van der Waals surface area contributed by atoms with E-state index in [2.05, 4.69) is 49.9 Å². The number of amides is 4. The third-order valence-corrected chi connectivity index (χ3v) is 12.4. The zero-order valence-corrected chi connectivity index (χ0v) is 35.5. The number of nitrogens with zero attached hydrogens (tertiary/aromatic N) is 6. The fourth-order valence-electron chi connectivity index (χ4n) is 8.39. The van der Waals surface area contributed by atoms with E-state index in [1.54, 1.807) is 31.4 Å². The van der Waals surface area contributed by atoms with Gasteiger partial charge in [0.2, 0.25) is 17.8 Å². The van der Waals surface area contributed by atoms with Crippen LogP contribution in [-0.2, 0) is 21.4 Å². The van der Waals surface area contributed by atoms with E-state index in [1.165, 1.54) is 18.7 Å². The molecular formula is C42H50ClFN10O7. The standard InChI is InChI=1S/C42H50ClFN10O7/c1-42(2,25-12-14-52(15-13-25)30-9-10-31(60-5)35(36(30)44)39(58)48-28-7-11-33(55)49-38(28)57)54-18-16-53(17-19-54)41-46-22-27(43)37(50-41)47-26-6-8-29-24(20-26)21-32(40(59)51(29)4)61-23-34(56)45-3/h6,8-10,20-22,25,28H,7,11-19,23H2,1-5H3,(H,45,56)(H,48,58)(H,46,47,50)(H,49,55,57). The number of aromatic nitrogens is 3. The van der Waals surface area contributed by atoms with Gasteiger partial charge in [-0.1, -0.05) is 11.6 Å². The molecule has 3 saturated heterocycles. The van der Waals surface area contributed by atoms with Crippen molar-refractivity contribution in [2.75, 3.05) is 75.1 Å². The summed E-state index contributed by atoms with van der Waals surface area (Å²) in [5.74, 6) is -1.48. The van der Waals surface area contributed by atoms with Gasteiger partial charge in [-0.3, -0.25) is 34.2 Å². The highest BCUT2D eigenvalue weighted by atomic mass is 35.5. The molecule has 19 heteroatoms. The number of nitrogens with one attached hydrogen (secondary N) is 4. The lowest BCUT2D eigenvalue weighted by atomic mass is 9.78. The van der Waals surface area contributed by atoms with E-state index < -0.39 is 29.6 Å². The Morgan fingerprint density at radius 2 is 1.72 bits per heavy atom. The second kappa shape index (κ2) is 17.9. The molecule has 0 radical (unpaired) electrons. The van der Waals surface area contributed by atoms with Gasteiger partial charge in [0.15, 0.2) is 24.0 Å². The van der Waals surface area contributed by atoms with E-state index in [-0.39, 0.29) is 53.5 Å². The first-order valence-corrected chi connectivity index (χ1v) is 20.6. The minimum atomic E-state index is -0.951. The van der Waals surface area contributed by atoms with Crippen LogP contribution in [0.2, 0.25) is 5.02 Å². The molecule has 4 aromatic rings. The second-order valence-corrected chi connectivity index (χ2v) is 16.3. The molecule has 4 N–H and O–H groups in total. The Kier molecular flexibility index (Phi) is 12.7. The zero-order chi connectivity index (χ0) is 43.6. The SMILES string of the molecule is CNC(=O)COc1cc2cc(Nc3nc(N4CCN(C(C)(C)C5CCN(c6ccc(OC)c(C(=O)NC7CCC(=O)NC7=O)c6F)CC5)CC4)ncc3Cl)ccc2n(C)c1=O. The minimum Gasteiger partial charge on any atom is -0.496 e. The number of pyridine rings is 1. The maximum absolute atomic E-state index is 16.2. The molecule has 4 amide bonds. The first-order valence-electron chi connectivity index (χ1n) is 20.2. The number of likely N-dealkylation sites (N-methyl/N-ethyl adjacent to an activating group) is 1. The van der Waals surface area contributed by atoms with Crippen molar-refractivity contribution in [1.82, 2.24) is 35.4 Å². The minimum absolute atomic E-state index is 0.0552. The summed E-state index contributed by atoms with van der Waals surface area (Å²) in [5.41, 5.74) is 0.857. The van der Waals surface area contributed by atoms with E-state index in [4.69, 9.17) is 26.1 Å². The van der Waals surface area contributed by atoms with Gasteiger partial charge in [0.1, 0.15) is 22.4 Å². The van der Waals surface area contributed by atoms with Crippen LogP contribution >= 0.6 is 11.6 Å². The number of carbonyl (C=O) groups is 4. The summed E-state index contributed by atoms with van der Waals surface area (Å²) in [5, 5.41) is 11.6. The van der Waals surface area contributed by atoms with Crippen LogP contribution in [0.25, 0.3) is 10.9 Å². The predicted molar refractivity (Wildman–Crippen MR) is 228 cm³/mol. The highest BCUT2D eigenvalue weighted by molar-refractivity contribution is 6.33. The predicted octanol–water partition coefficient (Wildman–Crippen LogP) is 3.35. The molecule has 3 aliphatic rings. The fourth-order valence-corrected chi connectivity index (χ4v) is 8.53. The van der Waals surface area contributed by atoms with Crippen molar-refractivity contribution in [3.8, 4) is 11.5 Å². The number of ether oxygens (including phenoxy) is 2. The van der Waals surface area contributed by atoms with Gasteiger partial charge in [-0.15, -0.1) is 0 Å². The average molecular weight is 861 g/mol. The first kappa shape index (κ1) is 43.1. The molecule has 7 rings (SSSR count). The van der Waals surface area contributed by atoms with Crippen LogP contribution in [0, 0.1) is 11.7 Å². The van der Waals surface area contributed by atoms with Crippen LogP contribution in [-0.4, -0.2) is 115 Å². The highest BCUT2D eigenvalue weighted by Gasteiger charge is 2.40. The van der Waals surface area contributed by atoms with Crippen molar-refractivity contribution in [2.24, 2.45) is 13.0 Å². The summed E-state index contributed by atoms with van der Waals surface area (Å²) < 4.78 is 28.5. The number of anilines is 4. The number of piperazine rings is 1. The van der Waals surface area contributed by atoms with Crippen LogP contribution in [0.15, 0.2) is 47.4 Å². The summed E-state index contributed by atoms with van der Waals surface area (Å²) in [4.78, 5) is 77.6. The molecule has 17 nitrogen and oxygen atoms in total. The van der Waals surface area contributed by atoms with Gasteiger partial charge in [0, 0.05) is 76.4 Å². The lowest BCUT2D eigenvalue weighted by Gasteiger charge is -2.50. The maximum Gasteiger partial charge on any atom is 0.293 e. The number of rotatable bonds is 12. The molecule has 5 heterocycles. The first-order chi connectivity index (χ1) is 29.2. The molecule has 324 valence electrons. The molecule has 0 bridgehead atoms. The monoisotopic (exact) mass is 860 g/mol. The fraction of sp³-hybridized carbons (Fsp3) is 0.452. The van der Waals surface area contributed by atoms with Crippen LogP contribution in [0.5, 0.6) is 11.5 Å². The number of fused-ring (bicyclic) bond motifs is 1. The number of methoxy groups -OCH3 is 1. The second-order valence-electron chi connectivity index (χ2n) is 15.9. The largest absolute Gasteiger partial charge is 0.496 e. The average Bonchev–Trinajstić information content (AvgIpc) is 3.25. The summed E-state index contributed by atoms with van der Waals surface area (Å²) in [6, 6.07) is 9.33. The smallest absolute Gasteiger partial charge is 0.293 e. The van der Waals surface area contributed by atoms with Crippen LogP contribution in [0.3, 0.4) is 0 Å². The molecule has 2 aromatic carbocycles. The molecular weight excluding hydrogens is 811 g/mol.